The third kappa shape index (κ3) is 32.3. The molecule has 0 bridgehead atoms. The van der Waals surface area contributed by atoms with Crippen molar-refractivity contribution in [3.63, 3.8) is 0 Å². The predicted molar refractivity (Wildman–Crippen MR) is 246 cm³/mol. The third-order valence-electron chi connectivity index (χ3n) is 9.75. The Morgan fingerprint density at radius 3 is 1.68 bits per heavy atom. The van der Waals surface area contributed by atoms with Crippen LogP contribution >= 0.6 is 0 Å². The molecule has 1 fully saturated rings. The molecule has 352 valence electrons. The Bertz CT molecular complexity index is 1520. The van der Waals surface area contributed by atoms with Crippen LogP contribution in [0.25, 0.3) is 0 Å². The molecule has 1 aliphatic rings. The van der Waals surface area contributed by atoms with Crippen molar-refractivity contribution in [2.24, 2.45) is 0 Å². The molecule has 0 amide bonds. The number of unbranched alkanes of at least 4 members (excludes halogenated alkanes) is 10. The first kappa shape index (κ1) is 56.6. The van der Waals surface area contributed by atoms with Crippen molar-refractivity contribution in [2.45, 2.75) is 185 Å². The predicted octanol–water partition coefficient (Wildman–Crippen LogP) is 9.43. The number of rotatable bonds is 36. The summed E-state index contributed by atoms with van der Waals surface area (Å²) in [4.78, 5) is 25.4. The third-order valence-corrected chi connectivity index (χ3v) is 10.5. The zero-order valence-electron chi connectivity index (χ0n) is 37.5. The zero-order valence-corrected chi connectivity index (χ0v) is 38.3. The molecule has 0 aromatic heterocycles. The van der Waals surface area contributed by atoms with Crippen LogP contribution in [0.2, 0.25) is 0 Å². The van der Waals surface area contributed by atoms with E-state index in [1.807, 2.05) is 18.2 Å². The fraction of sp³-hybridized carbons (Fsp3) is 0.653. The molecule has 0 aromatic carbocycles. The maximum absolute atomic E-state index is 12.8. The van der Waals surface area contributed by atoms with Gasteiger partial charge in [-0.1, -0.05) is 132 Å². The monoisotopic (exact) mass is 891 g/mol. The van der Waals surface area contributed by atoms with Gasteiger partial charge in [-0.3, -0.25) is 14.1 Å². The summed E-state index contributed by atoms with van der Waals surface area (Å²) < 4.78 is 54.0. The molecule has 6 atom stereocenters. The van der Waals surface area contributed by atoms with Gasteiger partial charge >= 0.3 is 11.9 Å². The average molecular weight is 891 g/mol. The largest absolute Gasteiger partial charge is 0.462 e. The highest BCUT2D eigenvalue weighted by Gasteiger charge is 2.46. The van der Waals surface area contributed by atoms with E-state index in [2.05, 4.69) is 86.4 Å². The number of aliphatic hydroxyl groups excluding tert-OH is 3. The number of hydrogen-bond acceptors (Lipinski definition) is 11. The van der Waals surface area contributed by atoms with Gasteiger partial charge in [0, 0.05) is 12.8 Å². The van der Waals surface area contributed by atoms with E-state index >= 15 is 0 Å². The lowest BCUT2D eigenvalue weighted by atomic mass is 10.00. The minimum atomic E-state index is -4.62. The maximum Gasteiger partial charge on any atom is 0.306 e. The fourth-order valence-corrected chi connectivity index (χ4v) is 6.90. The fourth-order valence-electron chi connectivity index (χ4n) is 6.21. The van der Waals surface area contributed by atoms with E-state index in [4.69, 9.17) is 18.9 Å². The van der Waals surface area contributed by atoms with Crippen molar-refractivity contribution in [2.75, 3.05) is 19.0 Å². The van der Waals surface area contributed by atoms with Crippen molar-refractivity contribution >= 4 is 22.1 Å². The van der Waals surface area contributed by atoms with E-state index < -0.39 is 71.2 Å². The summed E-state index contributed by atoms with van der Waals surface area (Å²) in [6.07, 6.45) is 38.5. The SMILES string of the molecule is CC/C=C/C/C=C/C/C=C/C/C=C/C/C=C/C/C=C/CCC(=O)O[C@H](COC(=O)CCCCCCCC=C=CCCCCCCC)CO[C@H]1O[C@H](CS(=O)(=O)O)[C@@H](O)C(O)C1O. The Labute approximate surface area is 373 Å². The summed E-state index contributed by atoms with van der Waals surface area (Å²) in [6, 6.07) is 0. The number of aliphatic hydroxyl groups is 3. The highest BCUT2D eigenvalue weighted by molar-refractivity contribution is 7.85. The zero-order chi connectivity index (χ0) is 45.5. The second-order valence-corrected chi connectivity index (χ2v) is 16.9. The average Bonchev–Trinajstić information content (AvgIpc) is 3.24. The lowest BCUT2D eigenvalue weighted by molar-refractivity contribution is -0.297. The molecule has 12 nitrogen and oxygen atoms in total. The van der Waals surface area contributed by atoms with Crippen molar-refractivity contribution in [1.29, 1.82) is 0 Å². The van der Waals surface area contributed by atoms with Gasteiger partial charge in [0.05, 0.1) is 6.61 Å². The second-order valence-electron chi connectivity index (χ2n) is 15.4. The van der Waals surface area contributed by atoms with Gasteiger partial charge in [0.2, 0.25) is 0 Å². The number of allylic oxidation sites excluding steroid dienone is 13. The van der Waals surface area contributed by atoms with Crippen LogP contribution in [0, 0.1) is 0 Å². The lowest BCUT2D eigenvalue weighted by Gasteiger charge is -2.40. The first-order valence-corrected chi connectivity index (χ1v) is 24.5. The number of esters is 2. The number of ether oxygens (including phenoxy) is 4. The molecule has 1 rings (SSSR count). The lowest BCUT2D eigenvalue weighted by Crippen LogP contribution is -2.60. The number of carbonyl (C=O) groups is 2. The molecule has 1 saturated heterocycles. The minimum Gasteiger partial charge on any atom is -0.462 e. The van der Waals surface area contributed by atoms with Gasteiger partial charge in [-0.25, -0.2) is 0 Å². The van der Waals surface area contributed by atoms with Crippen molar-refractivity contribution < 1.29 is 56.8 Å². The van der Waals surface area contributed by atoms with E-state index in [1.165, 1.54) is 32.1 Å². The quantitative estimate of drug-likeness (QED) is 0.0154. The first-order chi connectivity index (χ1) is 30.0. The summed E-state index contributed by atoms with van der Waals surface area (Å²) in [5, 5.41) is 30.9. The number of hydrogen-bond donors (Lipinski definition) is 4. The highest BCUT2D eigenvalue weighted by atomic mass is 32.2. The van der Waals surface area contributed by atoms with Crippen molar-refractivity contribution in [1.82, 2.24) is 0 Å². The van der Waals surface area contributed by atoms with E-state index in [0.717, 1.165) is 70.6 Å². The smallest absolute Gasteiger partial charge is 0.306 e. The second kappa shape index (κ2) is 38.1. The summed E-state index contributed by atoms with van der Waals surface area (Å²) in [5.41, 5.74) is 3.27. The van der Waals surface area contributed by atoms with E-state index in [1.54, 1.807) is 0 Å². The Hall–Kier alpha value is -3.39. The summed E-state index contributed by atoms with van der Waals surface area (Å²) in [6.45, 7) is 3.53. The molecule has 62 heavy (non-hydrogen) atoms. The van der Waals surface area contributed by atoms with Gasteiger partial charge in [0.1, 0.15) is 36.8 Å². The summed E-state index contributed by atoms with van der Waals surface area (Å²) in [5.74, 6) is -2.13. The van der Waals surface area contributed by atoms with Crippen molar-refractivity contribution in [3.8, 4) is 0 Å². The normalized spacial score (nSPS) is 20.3. The van der Waals surface area contributed by atoms with Gasteiger partial charge in [0.15, 0.2) is 12.4 Å². The van der Waals surface area contributed by atoms with E-state index in [9.17, 15) is 37.9 Å². The summed E-state index contributed by atoms with van der Waals surface area (Å²) >= 11 is 0. The minimum absolute atomic E-state index is 0.0295. The molecule has 0 radical (unpaired) electrons. The van der Waals surface area contributed by atoms with Crippen LogP contribution in [-0.4, -0.2) is 96.0 Å². The molecule has 4 N–H and O–H groups in total. The van der Waals surface area contributed by atoms with Crippen LogP contribution in [0.3, 0.4) is 0 Å². The maximum atomic E-state index is 12.8. The first-order valence-electron chi connectivity index (χ1n) is 22.9. The summed E-state index contributed by atoms with van der Waals surface area (Å²) in [7, 11) is -4.62. The molecule has 1 aliphatic heterocycles. The topological polar surface area (TPSA) is 186 Å². The van der Waals surface area contributed by atoms with Crippen LogP contribution in [0.5, 0.6) is 0 Å². The van der Waals surface area contributed by atoms with E-state index in [0.29, 0.717) is 19.3 Å². The van der Waals surface area contributed by atoms with Gasteiger partial charge in [-0.2, -0.15) is 8.42 Å². The molecule has 0 aliphatic carbocycles. The molecule has 0 aromatic rings. The Balaban J connectivity index is 2.53. The molecule has 0 spiro atoms. The van der Waals surface area contributed by atoms with Gasteiger partial charge in [-0.15, -0.1) is 5.73 Å². The van der Waals surface area contributed by atoms with Crippen molar-refractivity contribution in [3.05, 3.63) is 90.8 Å². The number of carbonyl (C=O) groups excluding carboxylic acids is 2. The molecule has 1 heterocycles. The Kier molecular flexibility index (Phi) is 34.8. The molecule has 0 saturated carbocycles. The molecule has 13 heteroatoms. The van der Waals surface area contributed by atoms with Gasteiger partial charge < -0.3 is 34.3 Å². The molecular weight excluding hydrogens is 813 g/mol. The standard InChI is InChI=1S/C49H78O12S/c1-3-5-7-9-11-13-15-17-19-20-21-22-24-26-28-30-32-34-36-38-45(51)60-42(40-59-49-48(54)47(53)46(52)43(61-49)41-62(55,56)57)39-58-44(50)37-35-33-31-29-27-25-23-18-16-14-12-10-8-6-4-2/h5,7,11,13,16-17,19,21-23,26,28,32,34,42-43,46-49,52-54H,3-4,6,8-10,12,14-15,20,24-25,27,29-31,33,35-41H2,1-2H3,(H,55,56,57)/b7-5+,13-11+,19-17+,22-21+,28-26+,34-32+/t18?,42-,43-,46-,47?,48?,49+/m1/s1. The van der Waals surface area contributed by atoms with Gasteiger partial charge in [0.25, 0.3) is 10.1 Å². The van der Waals surface area contributed by atoms with Crippen LogP contribution in [0.15, 0.2) is 90.8 Å². The van der Waals surface area contributed by atoms with Crippen LogP contribution in [0.1, 0.15) is 149 Å². The van der Waals surface area contributed by atoms with Crippen LogP contribution < -0.4 is 0 Å². The Morgan fingerprint density at radius 2 is 1.13 bits per heavy atom. The highest BCUT2D eigenvalue weighted by Crippen LogP contribution is 2.24. The molecule has 2 unspecified atom stereocenters. The van der Waals surface area contributed by atoms with Crippen LogP contribution in [-0.2, 0) is 38.7 Å². The van der Waals surface area contributed by atoms with Gasteiger partial charge in [-0.05, 0) is 89.2 Å². The van der Waals surface area contributed by atoms with Crippen LogP contribution in [0.4, 0.5) is 0 Å². The van der Waals surface area contributed by atoms with E-state index in [-0.39, 0.29) is 19.4 Å². The Morgan fingerprint density at radius 1 is 0.613 bits per heavy atom. The molecular formula is C49H78O12S.